The second-order valence-corrected chi connectivity index (χ2v) is 15.9. The molecule has 5 heteroatoms. The molecule has 3 heterocycles. The summed E-state index contributed by atoms with van der Waals surface area (Å²) in [6.07, 6.45) is 0. The minimum absolute atomic E-state index is 0.692. The van der Waals surface area contributed by atoms with Gasteiger partial charge in [-0.3, -0.25) is 0 Å². The maximum atomic E-state index is 7.70. The lowest BCUT2D eigenvalue weighted by Gasteiger charge is -2.28. The van der Waals surface area contributed by atoms with E-state index in [0.717, 1.165) is 61.3 Å². The van der Waals surface area contributed by atoms with Gasteiger partial charge in [-0.2, -0.15) is 0 Å². The fraction of sp³-hybridized carbons (Fsp3) is 0. The molecule has 8 aromatic carbocycles. The zero-order valence-corrected chi connectivity index (χ0v) is 30.6. The van der Waals surface area contributed by atoms with Crippen LogP contribution in [0.1, 0.15) is 0 Å². The molecule has 0 fully saturated rings. The van der Waals surface area contributed by atoms with Gasteiger partial charge < -0.3 is 9.32 Å². The number of furan rings is 1. The van der Waals surface area contributed by atoms with Crippen molar-refractivity contribution in [3.05, 3.63) is 175 Å². The number of hydrogen-bond acceptors (Lipinski definition) is 4. The van der Waals surface area contributed by atoms with E-state index in [2.05, 4.69) is 157 Å². The third kappa shape index (κ3) is 4.91. The van der Waals surface area contributed by atoms with Crippen LogP contribution in [0.4, 0.5) is 17.1 Å². The molecule has 0 saturated heterocycles. The first-order chi connectivity index (χ1) is 26.2. The first-order valence-corrected chi connectivity index (χ1v) is 19.6. The van der Waals surface area contributed by atoms with Gasteiger partial charge in [-0.1, -0.05) is 121 Å². The number of rotatable bonds is 5. The van der Waals surface area contributed by atoms with Gasteiger partial charge in [0.05, 0.1) is 10.7 Å². The molecular formula is C48H28ClNOS2. The summed E-state index contributed by atoms with van der Waals surface area (Å²) in [7, 11) is 0. The minimum Gasteiger partial charge on any atom is -0.456 e. The third-order valence-corrected chi connectivity index (χ3v) is 13.0. The molecule has 250 valence electrons. The van der Waals surface area contributed by atoms with Gasteiger partial charge >= 0.3 is 0 Å². The Labute approximate surface area is 318 Å². The predicted molar refractivity (Wildman–Crippen MR) is 230 cm³/mol. The molecule has 0 bridgehead atoms. The zero-order chi connectivity index (χ0) is 35.0. The van der Waals surface area contributed by atoms with Gasteiger partial charge in [-0.15, -0.1) is 22.7 Å². The number of hydrogen-bond donors (Lipinski definition) is 0. The Kier molecular flexibility index (Phi) is 6.99. The van der Waals surface area contributed by atoms with E-state index in [1.54, 1.807) is 0 Å². The summed E-state index contributed by atoms with van der Waals surface area (Å²) in [6, 6.07) is 60.6. The monoisotopic (exact) mass is 733 g/mol. The van der Waals surface area contributed by atoms with Gasteiger partial charge in [0, 0.05) is 68.1 Å². The molecule has 0 aliphatic carbocycles. The fourth-order valence-corrected chi connectivity index (χ4v) is 10.5. The highest BCUT2D eigenvalue weighted by atomic mass is 35.5. The van der Waals surface area contributed by atoms with Crippen molar-refractivity contribution in [3.8, 4) is 22.3 Å². The molecule has 0 aliphatic heterocycles. The smallest absolute Gasteiger partial charge is 0.136 e. The summed E-state index contributed by atoms with van der Waals surface area (Å²) in [5, 5.41) is 7.97. The van der Waals surface area contributed by atoms with Crippen LogP contribution in [-0.4, -0.2) is 0 Å². The van der Waals surface area contributed by atoms with E-state index in [0.29, 0.717) is 5.02 Å². The van der Waals surface area contributed by atoms with Crippen molar-refractivity contribution in [2.24, 2.45) is 0 Å². The third-order valence-electron chi connectivity index (χ3n) is 10.3. The summed E-state index contributed by atoms with van der Waals surface area (Å²) in [6.45, 7) is 0. The minimum atomic E-state index is 0.692. The summed E-state index contributed by atoms with van der Waals surface area (Å²) < 4.78 is 11.4. The van der Waals surface area contributed by atoms with E-state index in [1.807, 2.05) is 40.9 Å². The number of halogens is 1. The van der Waals surface area contributed by atoms with Crippen molar-refractivity contribution in [2.45, 2.75) is 0 Å². The van der Waals surface area contributed by atoms with E-state index in [1.165, 1.54) is 40.3 Å². The van der Waals surface area contributed by atoms with E-state index in [4.69, 9.17) is 16.0 Å². The molecule has 0 radical (unpaired) electrons. The van der Waals surface area contributed by atoms with Gasteiger partial charge in [-0.05, 0) is 77.4 Å². The molecule has 0 aliphatic rings. The lowest BCUT2D eigenvalue weighted by atomic mass is 9.94. The number of nitrogens with zero attached hydrogens (tertiary/aromatic N) is 1. The van der Waals surface area contributed by atoms with Crippen molar-refractivity contribution < 1.29 is 4.42 Å². The van der Waals surface area contributed by atoms with E-state index in [9.17, 15) is 0 Å². The normalized spacial score (nSPS) is 11.9. The highest BCUT2D eigenvalue weighted by molar-refractivity contribution is 7.26. The van der Waals surface area contributed by atoms with Crippen LogP contribution in [0.3, 0.4) is 0 Å². The number of fused-ring (bicyclic) bond motifs is 9. The average molecular weight is 734 g/mol. The van der Waals surface area contributed by atoms with Gasteiger partial charge in [0.25, 0.3) is 0 Å². The summed E-state index contributed by atoms with van der Waals surface area (Å²) in [4.78, 5) is 2.35. The van der Waals surface area contributed by atoms with Crippen molar-refractivity contribution in [1.29, 1.82) is 0 Å². The molecule has 11 rings (SSSR count). The highest BCUT2D eigenvalue weighted by Gasteiger charge is 2.23. The van der Waals surface area contributed by atoms with E-state index in [-0.39, 0.29) is 0 Å². The molecule has 0 amide bonds. The maximum absolute atomic E-state index is 7.70. The number of benzene rings is 8. The first-order valence-electron chi connectivity index (χ1n) is 17.6. The molecule has 2 nitrogen and oxygen atoms in total. The van der Waals surface area contributed by atoms with Gasteiger partial charge in [0.15, 0.2) is 0 Å². The van der Waals surface area contributed by atoms with Crippen LogP contribution in [0.5, 0.6) is 0 Å². The van der Waals surface area contributed by atoms with E-state index < -0.39 is 0 Å². The van der Waals surface area contributed by atoms with Crippen molar-refractivity contribution in [1.82, 2.24) is 0 Å². The van der Waals surface area contributed by atoms with Gasteiger partial charge in [-0.25, -0.2) is 0 Å². The summed E-state index contributed by atoms with van der Waals surface area (Å²) in [5.74, 6) is 0. The average Bonchev–Trinajstić information content (AvgIpc) is 3.89. The number of para-hydroxylation sites is 1. The van der Waals surface area contributed by atoms with Crippen molar-refractivity contribution in [2.75, 3.05) is 4.90 Å². The van der Waals surface area contributed by atoms with Crippen LogP contribution < -0.4 is 4.90 Å². The van der Waals surface area contributed by atoms with Gasteiger partial charge in [0.2, 0.25) is 0 Å². The Morgan fingerprint density at radius 3 is 1.66 bits per heavy atom. The van der Waals surface area contributed by atoms with E-state index >= 15 is 0 Å². The summed E-state index contributed by atoms with van der Waals surface area (Å²) in [5.41, 5.74) is 8.95. The molecule has 0 unspecified atom stereocenters. The molecule has 0 N–H and O–H groups in total. The first kappa shape index (κ1) is 30.7. The van der Waals surface area contributed by atoms with Gasteiger partial charge in [0.1, 0.15) is 11.2 Å². The Bertz CT molecular complexity index is 3100. The molecule has 0 saturated carbocycles. The predicted octanol–water partition coefficient (Wildman–Crippen LogP) is 15.8. The fourth-order valence-electron chi connectivity index (χ4n) is 7.90. The molecule has 53 heavy (non-hydrogen) atoms. The van der Waals surface area contributed by atoms with Crippen molar-refractivity contribution >= 4 is 114 Å². The Hall–Kier alpha value is -5.91. The standard InChI is InChI=1S/C48H28ClNOS2/c49-48-39(29-11-2-1-3-12-29)25-30(33-16-10-18-42-47(33)38-15-4-7-17-41(38)51-42)26-40(48)50(31-21-23-36-34-13-5-8-19-43(34)52-45(36)27-31)32-22-24-37-35-14-6-9-20-44(35)53-46(37)28-32/h1-28H. The van der Waals surface area contributed by atoms with Crippen LogP contribution in [0.15, 0.2) is 174 Å². The molecule has 3 aromatic heterocycles. The lowest BCUT2D eigenvalue weighted by molar-refractivity contribution is 0.669. The maximum Gasteiger partial charge on any atom is 0.136 e. The van der Waals surface area contributed by atoms with Crippen LogP contribution in [0.25, 0.3) is 84.5 Å². The molecule has 0 spiro atoms. The van der Waals surface area contributed by atoms with Crippen LogP contribution in [-0.2, 0) is 0 Å². The summed E-state index contributed by atoms with van der Waals surface area (Å²) >= 11 is 11.4. The van der Waals surface area contributed by atoms with Crippen LogP contribution in [0.2, 0.25) is 5.02 Å². The number of thiophene rings is 2. The largest absolute Gasteiger partial charge is 0.456 e. The SMILES string of the molecule is Clc1c(-c2ccccc2)cc(-c2cccc3oc4ccccc4c23)cc1N(c1ccc2c(c1)sc1ccccc12)c1ccc2c(c1)sc1ccccc12. The Morgan fingerprint density at radius 1 is 0.415 bits per heavy atom. The molecular weight excluding hydrogens is 706 g/mol. The topological polar surface area (TPSA) is 16.4 Å². The molecule has 0 atom stereocenters. The lowest BCUT2D eigenvalue weighted by Crippen LogP contribution is -2.11. The van der Waals surface area contributed by atoms with Crippen LogP contribution >= 0.6 is 34.3 Å². The second-order valence-electron chi connectivity index (χ2n) is 13.4. The quantitative estimate of drug-likeness (QED) is 0.175. The Balaban J connectivity index is 1.21. The second kappa shape index (κ2) is 12.1. The van der Waals surface area contributed by atoms with Crippen molar-refractivity contribution in [3.63, 3.8) is 0 Å². The number of anilines is 3. The highest BCUT2D eigenvalue weighted by Crippen LogP contribution is 2.49. The Morgan fingerprint density at radius 2 is 0.981 bits per heavy atom. The van der Waals surface area contributed by atoms with Crippen LogP contribution in [0, 0.1) is 0 Å². The molecule has 11 aromatic rings. The zero-order valence-electron chi connectivity index (χ0n) is 28.2.